The minimum atomic E-state index is -1.62. The second-order valence-electron chi connectivity index (χ2n) is 12.4. The van der Waals surface area contributed by atoms with Gasteiger partial charge in [-0.05, 0) is 55.9 Å². The Balaban J connectivity index is 1.65. The Morgan fingerprint density at radius 3 is 2.47 bits per heavy atom. The van der Waals surface area contributed by atoms with Crippen molar-refractivity contribution >= 4 is 12.1 Å². The number of unbranched alkanes of at least 4 members (excludes halogenated alkanes) is 2. The molecule has 6 N–H and O–H groups in total. The molecule has 1 saturated heterocycles. The number of aromatic nitrogens is 2. The van der Waals surface area contributed by atoms with E-state index in [0.717, 1.165) is 53.8 Å². The first-order chi connectivity index (χ1) is 21.2. The van der Waals surface area contributed by atoms with Gasteiger partial charge in [-0.25, -0.2) is 4.79 Å². The molecule has 13 heteroatoms. The number of ether oxygens (including phenoxy) is 5. The highest BCUT2D eigenvalue weighted by molar-refractivity contribution is 5.79. The van der Waals surface area contributed by atoms with Crippen LogP contribution in [0.15, 0.2) is 18.2 Å². The highest BCUT2D eigenvalue weighted by Gasteiger charge is 2.46. The van der Waals surface area contributed by atoms with Crippen LogP contribution in [-0.4, -0.2) is 88.1 Å². The number of carbonyl (C=O) groups excluding carboxylic acids is 2. The van der Waals surface area contributed by atoms with Crippen LogP contribution in [0, 0.1) is 12.3 Å². The van der Waals surface area contributed by atoms with Crippen LogP contribution < -0.4 is 15.2 Å². The van der Waals surface area contributed by atoms with Crippen molar-refractivity contribution in [2.24, 2.45) is 11.1 Å². The van der Waals surface area contributed by atoms with E-state index >= 15 is 0 Å². The summed E-state index contributed by atoms with van der Waals surface area (Å²) in [4.78, 5) is 23.1. The van der Waals surface area contributed by atoms with Gasteiger partial charge >= 0.3 is 6.16 Å². The van der Waals surface area contributed by atoms with Crippen molar-refractivity contribution in [3.63, 3.8) is 0 Å². The number of primary amides is 1. The molecule has 252 valence electrons. The van der Waals surface area contributed by atoms with Crippen LogP contribution in [0.25, 0.3) is 0 Å². The lowest BCUT2D eigenvalue weighted by atomic mass is 9.86. The average Bonchev–Trinajstić information content (AvgIpc) is 3.38. The quantitative estimate of drug-likeness (QED) is 0.134. The summed E-state index contributed by atoms with van der Waals surface area (Å²) in [6, 6.07) is 5.87. The first kappa shape index (κ1) is 36.1. The standard InChI is InChI=1S/C32H49N3O10/c1-7-41-31(40)43-17-23-25(36)26(37)27(38)29(44-23)45-28-22(24(18(2)3)34-35-28)16-20-11-12-21(15-19(20)4)42-14-10-8-9-13-32(5,6)30(33)39/h11-12,15,18,23,25-27,29,36-38H,7-10,13-14,16-17H2,1-6H3,(H2,33,39)(H,34,35)/t23?,25-,26+,27?,29+/m1/s1. The van der Waals surface area contributed by atoms with Crippen molar-refractivity contribution < 1.29 is 48.6 Å². The maximum absolute atomic E-state index is 11.6. The monoisotopic (exact) mass is 635 g/mol. The van der Waals surface area contributed by atoms with E-state index in [1.165, 1.54) is 0 Å². The summed E-state index contributed by atoms with van der Waals surface area (Å²) in [7, 11) is 0. The second kappa shape index (κ2) is 16.3. The zero-order valence-electron chi connectivity index (χ0n) is 27.1. The lowest BCUT2D eigenvalue weighted by molar-refractivity contribution is -0.278. The number of nitrogens with two attached hydrogens (primary N) is 1. The summed E-state index contributed by atoms with van der Waals surface area (Å²) in [5, 5.41) is 38.8. The summed E-state index contributed by atoms with van der Waals surface area (Å²) in [5.41, 5.74) is 8.53. The number of benzene rings is 1. The summed E-state index contributed by atoms with van der Waals surface area (Å²) in [6.07, 6.45) is -4.40. The minimum absolute atomic E-state index is 0.0663. The average molecular weight is 636 g/mol. The lowest BCUT2D eigenvalue weighted by Crippen LogP contribution is -2.60. The molecule has 0 spiro atoms. The van der Waals surface area contributed by atoms with Gasteiger partial charge in [-0.15, -0.1) is 5.10 Å². The second-order valence-corrected chi connectivity index (χ2v) is 12.4. The number of aryl methyl sites for hydroxylation is 1. The molecule has 1 amide bonds. The summed E-state index contributed by atoms with van der Waals surface area (Å²) in [6.45, 7) is 11.6. The van der Waals surface area contributed by atoms with Gasteiger partial charge in [0.1, 0.15) is 36.8 Å². The Kier molecular flexibility index (Phi) is 13.0. The number of H-pyrrole nitrogens is 1. The van der Waals surface area contributed by atoms with Gasteiger partial charge < -0.3 is 44.7 Å². The summed E-state index contributed by atoms with van der Waals surface area (Å²) < 4.78 is 27.3. The Labute approximate surface area is 264 Å². The fraction of sp³-hybridized carbons (Fsp3) is 0.656. The molecular weight excluding hydrogens is 586 g/mol. The number of nitrogens with one attached hydrogen (secondary N) is 1. The number of rotatable bonds is 16. The molecule has 0 bridgehead atoms. The molecule has 5 atom stereocenters. The van der Waals surface area contributed by atoms with Gasteiger partial charge in [0.15, 0.2) is 0 Å². The first-order valence-corrected chi connectivity index (χ1v) is 15.5. The molecule has 13 nitrogen and oxygen atoms in total. The van der Waals surface area contributed by atoms with Crippen LogP contribution in [0.5, 0.6) is 11.6 Å². The number of hydrogen-bond acceptors (Lipinski definition) is 11. The Morgan fingerprint density at radius 1 is 1.09 bits per heavy atom. The highest BCUT2D eigenvalue weighted by Crippen LogP contribution is 2.32. The van der Waals surface area contributed by atoms with Crippen molar-refractivity contribution in [2.45, 2.75) is 110 Å². The van der Waals surface area contributed by atoms with E-state index in [-0.39, 0.29) is 24.3 Å². The van der Waals surface area contributed by atoms with Crippen LogP contribution in [0.1, 0.15) is 88.6 Å². The van der Waals surface area contributed by atoms with E-state index in [4.69, 9.17) is 29.4 Å². The van der Waals surface area contributed by atoms with E-state index < -0.39 is 48.9 Å². The molecule has 45 heavy (non-hydrogen) atoms. The van der Waals surface area contributed by atoms with Gasteiger partial charge in [0.25, 0.3) is 0 Å². The third kappa shape index (κ3) is 9.80. The van der Waals surface area contributed by atoms with Crippen molar-refractivity contribution in [1.82, 2.24) is 10.2 Å². The predicted molar refractivity (Wildman–Crippen MR) is 164 cm³/mol. The number of nitrogens with zero attached hydrogens (tertiary/aromatic N) is 1. The minimum Gasteiger partial charge on any atom is -0.494 e. The normalized spacial score (nSPS) is 21.9. The molecule has 1 aromatic carbocycles. The molecule has 3 rings (SSSR count). The van der Waals surface area contributed by atoms with E-state index in [1.807, 2.05) is 52.8 Å². The van der Waals surface area contributed by atoms with E-state index in [0.29, 0.717) is 13.0 Å². The molecule has 2 aromatic rings. The zero-order valence-corrected chi connectivity index (χ0v) is 27.1. The maximum atomic E-state index is 11.6. The third-order valence-corrected chi connectivity index (χ3v) is 8.03. The van der Waals surface area contributed by atoms with E-state index in [1.54, 1.807) is 6.92 Å². The van der Waals surface area contributed by atoms with Crippen molar-refractivity contribution in [1.29, 1.82) is 0 Å². The zero-order chi connectivity index (χ0) is 33.3. The Bertz CT molecular complexity index is 1260. The van der Waals surface area contributed by atoms with Gasteiger partial charge in [-0.3, -0.25) is 9.89 Å². The molecule has 2 heterocycles. The van der Waals surface area contributed by atoms with Crippen LogP contribution in [-0.2, 0) is 25.4 Å². The number of aliphatic hydroxyl groups is 3. The topological polar surface area (TPSA) is 196 Å². The number of amides is 1. The van der Waals surface area contributed by atoms with Gasteiger partial charge in [-0.2, -0.15) is 0 Å². The SMILES string of the molecule is CCOC(=O)OCC1O[C@@H](Oc2n[nH]c(C(C)C)c2Cc2ccc(OCCCCCC(C)(C)C(N)=O)cc2C)C(O)[C@@H](O)[C@@H]1O. The van der Waals surface area contributed by atoms with Gasteiger partial charge in [0.2, 0.25) is 18.1 Å². The predicted octanol–water partition coefficient (Wildman–Crippen LogP) is 3.24. The molecule has 1 aliphatic heterocycles. The molecular formula is C32H49N3O10. The first-order valence-electron chi connectivity index (χ1n) is 15.5. The van der Waals surface area contributed by atoms with Gasteiger partial charge in [0, 0.05) is 23.1 Å². The van der Waals surface area contributed by atoms with Gasteiger partial charge in [-0.1, -0.05) is 46.6 Å². The lowest BCUT2D eigenvalue weighted by Gasteiger charge is -2.39. The molecule has 0 radical (unpaired) electrons. The molecule has 1 fully saturated rings. The van der Waals surface area contributed by atoms with Crippen LogP contribution >= 0.6 is 0 Å². The Hall–Kier alpha value is -3.39. The number of hydrogen-bond donors (Lipinski definition) is 5. The van der Waals surface area contributed by atoms with Crippen molar-refractivity contribution in [3.8, 4) is 11.6 Å². The molecule has 1 aromatic heterocycles. The fourth-order valence-corrected chi connectivity index (χ4v) is 4.98. The third-order valence-electron chi connectivity index (χ3n) is 8.03. The van der Waals surface area contributed by atoms with E-state index in [2.05, 4.69) is 10.2 Å². The van der Waals surface area contributed by atoms with Crippen molar-refractivity contribution in [2.75, 3.05) is 19.8 Å². The largest absolute Gasteiger partial charge is 0.508 e. The number of carbonyl (C=O) groups is 2. The maximum Gasteiger partial charge on any atom is 0.508 e. The van der Waals surface area contributed by atoms with Crippen LogP contribution in [0.4, 0.5) is 4.79 Å². The Morgan fingerprint density at radius 2 is 1.82 bits per heavy atom. The smallest absolute Gasteiger partial charge is 0.494 e. The fourth-order valence-electron chi connectivity index (χ4n) is 4.98. The number of aromatic amines is 1. The molecule has 0 saturated carbocycles. The summed E-state index contributed by atoms with van der Waals surface area (Å²) >= 11 is 0. The number of aliphatic hydroxyl groups excluding tert-OH is 3. The molecule has 2 unspecified atom stereocenters. The molecule has 0 aliphatic carbocycles. The molecule has 1 aliphatic rings. The van der Waals surface area contributed by atoms with Crippen molar-refractivity contribution in [3.05, 3.63) is 40.6 Å². The highest BCUT2D eigenvalue weighted by atomic mass is 16.7. The van der Waals surface area contributed by atoms with E-state index in [9.17, 15) is 24.9 Å². The summed E-state index contributed by atoms with van der Waals surface area (Å²) in [5.74, 6) is 0.713. The van der Waals surface area contributed by atoms with Crippen LogP contribution in [0.2, 0.25) is 0 Å². The van der Waals surface area contributed by atoms with Gasteiger partial charge in [0.05, 0.1) is 13.2 Å². The van der Waals surface area contributed by atoms with Crippen LogP contribution in [0.3, 0.4) is 0 Å².